The zero-order valence-electron chi connectivity index (χ0n) is 15.9. The van der Waals surface area contributed by atoms with Crippen molar-refractivity contribution in [1.29, 1.82) is 0 Å². The van der Waals surface area contributed by atoms with Gasteiger partial charge in [0.05, 0.1) is 16.5 Å². The summed E-state index contributed by atoms with van der Waals surface area (Å²) >= 11 is 6.09. The molecule has 7 nitrogen and oxygen atoms in total. The molecule has 0 bridgehead atoms. The highest BCUT2D eigenvalue weighted by molar-refractivity contribution is 6.51. The van der Waals surface area contributed by atoms with Crippen molar-refractivity contribution in [2.75, 3.05) is 4.90 Å². The fraction of sp³-hybridized carbons (Fsp3) is 0.0435. The highest BCUT2D eigenvalue weighted by atomic mass is 35.5. The molecule has 3 aromatic rings. The van der Waals surface area contributed by atoms with Crippen molar-refractivity contribution in [3.8, 4) is 0 Å². The molecule has 8 heteroatoms. The molecule has 1 atom stereocenters. The SMILES string of the molecule is O=C1C(=O)N(c2cccc(Cl)c2)[C@@H](c2cccc([N+](=O)[O-])c2)/C1=C(\O)c1ccccc1. The predicted molar refractivity (Wildman–Crippen MR) is 116 cm³/mol. The minimum Gasteiger partial charge on any atom is -0.507 e. The lowest BCUT2D eigenvalue weighted by Gasteiger charge is -2.25. The molecule has 0 saturated carbocycles. The number of aliphatic hydroxyl groups excluding tert-OH is 1. The van der Waals surface area contributed by atoms with Crippen LogP contribution in [0.15, 0.2) is 84.4 Å². The number of nitro groups is 1. The normalized spacial score (nSPS) is 17.7. The highest BCUT2D eigenvalue weighted by Crippen LogP contribution is 2.43. The molecule has 1 heterocycles. The standard InChI is InChI=1S/C23H15ClN2O5/c24-16-9-5-10-17(13-16)25-20(15-8-4-11-18(12-15)26(30)31)19(22(28)23(25)29)21(27)14-6-2-1-3-7-14/h1-13,20,27H/b21-19+/t20-/m0/s1. The summed E-state index contributed by atoms with van der Waals surface area (Å²) in [6.07, 6.45) is 0. The fourth-order valence-electron chi connectivity index (χ4n) is 3.60. The second-order valence-electron chi connectivity index (χ2n) is 6.87. The molecule has 1 aliphatic rings. The number of hydrogen-bond acceptors (Lipinski definition) is 5. The number of nitrogens with zero attached hydrogens (tertiary/aromatic N) is 2. The third-order valence-electron chi connectivity index (χ3n) is 4.97. The second-order valence-corrected chi connectivity index (χ2v) is 7.30. The van der Waals surface area contributed by atoms with Crippen molar-refractivity contribution in [3.63, 3.8) is 0 Å². The van der Waals surface area contributed by atoms with E-state index in [4.69, 9.17) is 11.6 Å². The summed E-state index contributed by atoms with van der Waals surface area (Å²) in [7, 11) is 0. The van der Waals surface area contributed by atoms with E-state index < -0.39 is 22.7 Å². The maximum Gasteiger partial charge on any atom is 0.300 e. The summed E-state index contributed by atoms with van der Waals surface area (Å²) in [5.74, 6) is -2.12. The van der Waals surface area contributed by atoms with Gasteiger partial charge in [-0.3, -0.25) is 24.6 Å². The average molecular weight is 435 g/mol. The molecule has 0 aliphatic carbocycles. The minimum atomic E-state index is -1.07. The van der Waals surface area contributed by atoms with Crippen molar-refractivity contribution < 1.29 is 19.6 Å². The van der Waals surface area contributed by atoms with Crippen LogP contribution in [0.2, 0.25) is 5.02 Å². The first-order valence-corrected chi connectivity index (χ1v) is 9.62. The van der Waals surface area contributed by atoms with E-state index in [1.165, 1.54) is 29.2 Å². The molecule has 4 rings (SSSR count). The maximum atomic E-state index is 13.0. The van der Waals surface area contributed by atoms with E-state index in [1.54, 1.807) is 54.6 Å². The van der Waals surface area contributed by atoms with Gasteiger partial charge in [-0.15, -0.1) is 0 Å². The summed E-state index contributed by atoms with van der Waals surface area (Å²) in [6, 6.07) is 19.2. The van der Waals surface area contributed by atoms with E-state index in [2.05, 4.69) is 0 Å². The van der Waals surface area contributed by atoms with Crippen molar-refractivity contribution in [2.45, 2.75) is 6.04 Å². The Kier molecular flexibility index (Phi) is 5.27. The molecular formula is C23H15ClN2O5. The van der Waals surface area contributed by atoms with Crippen molar-refractivity contribution >= 4 is 40.4 Å². The average Bonchev–Trinajstić information content (AvgIpc) is 3.04. The van der Waals surface area contributed by atoms with E-state index in [1.807, 2.05) is 0 Å². The molecule has 1 N–H and O–H groups in total. The Hall–Kier alpha value is -3.97. The number of non-ortho nitro benzene ring substituents is 1. The van der Waals surface area contributed by atoms with E-state index in [-0.39, 0.29) is 17.0 Å². The topological polar surface area (TPSA) is 101 Å². The van der Waals surface area contributed by atoms with Gasteiger partial charge in [-0.05, 0) is 23.8 Å². The number of rotatable bonds is 4. The molecule has 1 aliphatic heterocycles. The van der Waals surface area contributed by atoms with Crippen LogP contribution in [0.5, 0.6) is 0 Å². The molecule has 154 valence electrons. The lowest BCUT2D eigenvalue weighted by Crippen LogP contribution is -2.29. The number of ketones is 1. The van der Waals surface area contributed by atoms with Gasteiger partial charge >= 0.3 is 0 Å². The molecule has 1 fully saturated rings. The molecule has 31 heavy (non-hydrogen) atoms. The van der Waals surface area contributed by atoms with Crippen LogP contribution in [0.4, 0.5) is 11.4 Å². The van der Waals surface area contributed by atoms with Crippen molar-refractivity contribution in [1.82, 2.24) is 0 Å². The molecule has 0 radical (unpaired) electrons. The first-order chi connectivity index (χ1) is 14.9. The Bertz CT molecular complexity index is 1240. The lowest BCUT2D eigenvalue weighted by atomic mass is 9.95. The minimum absolute atomic E-state index is 0.156. The number of Topliss-reactive ketones (excluding diaryl/α,β-unsaturated/α-hetero) is 1. The van der Waals surface area contributed by atoms with Gasteiger partial charge in [-0.2, -0.15) is 0 Å². The lowest BCUT2D eigenvalue weighted by molar-refractivity contribution is -0.384. The van der Waals surface area contributed by atoms with Gasteiger partial charge in [-0.1, -0.05) is 60.1 Å². The Morgan fingerprint density at radius 3 is 2.35 bits per heavy atom. The Morgan fingerprint density at radius 1 is 0.968 bits per heavy atom. The van der Waals surface area contributed by atoms with Crippen LogP contribution in [0.3, 0.4) is 0 Å². The van der Waals surface area contributed by atoms with Crippen LogP contribution >= 0.6 is 11.6 Å². The maximum absolute atomic E-state index is 13.0. The largest absolute Gasteiger partial charge is 0.507 e. The van der Waals surface area contributed by atoms with Crippen molar-refractivity contribution in [2.24, 2.45) is 0 Å². The fourth-order valence-corrected chi connectivity index (χ4v) is 3.78. The van der Waals surface area contributed by atoms with Gasteiger partial charge in [0, 0.05) is 28.4 Å². The Balaban J connectivity index is 1.98. The number of halogens is 1. The second kappa shape index (κ2) is 8.04. The molecule has 0 aromatic heterocycles. The molecule has 3 aromatic carbocycles. The predicted octanol–water partition coefficient (Wildman–Crippen LogP) is 4.87. The summed E-state index contributed by atoms with van der Waals surface area (Å²) in [4.78, 5) is 38.0. The molecule has 0 unspecified atom stereocenters. The number of anilines is 1. The Morgan fingerprint density at radius 2 is 1.68 bits per heavy atom. The van der Waals surface area contributed by atoms with Crippen LogP contribution in [0, 0.1) is 10.1 Å². The van der Waals surface area contributed by atoms with Gasteiger partial charge in [0.1, 0.15) is 5.76 Å². The third kappa shape index (κ3) is 3.67. The van der Waals surface area contributed by atoms with E-state index >= 15 is 0 Å². The number of amides is 1. The first kappa shape index (κ1) is 20.3. The van der Waals surface area contributed by atoms with Gasteiger partial charge < -0.3 is 5.11 Å². The quantitative estimate of drug-likeness (QED) is 0.207. The van der Waals surface area contributed by atoms with E-state index in [0.29, 0.717) is 21.8 Å². The number of nitro benzene ring substituents is 1. The number of aliphatic hydroxyl groups is 1. The zero-order valence-corrected chi connectivity index (χ0v) is 16.7. The summed E-state index contributed by atoms with van der Waals surface area (Å²) in [5, 5.41) is 22.6. The number of benzene rings is 3. The third-order valence-corrected chi connectivity index (χ3v) is 5.21. The highest BCUT2D eigenvalue weighted by Gasteiger charge is 2.47. The van der Waals surface area contributed by atoms with Gasteiger partial charge in [0.15, 0.2) is 0 Å². The van der Waals surface area contributed by atoms with Crippen LogP contribution < -0.4 is 4.90 Å². The zero-order chi connectivity index (χ0) is 22.1. The number of hydrogen-bond donors (Lipinski definition) is 1. The summed E-state index contributed by atoms with van der Waals surface area (Å²) in [5.41, 5.74) is 0.636. The van der Waals surface area contributed by atoms with Crippen LogP contribution in [-0.2, 0) is 9.59 Å². The van der Waals surface area contributed by atoms with Crippen LogP contribution in [-0.4, -0.2) is 21.7 Å². The summed E-state index contributed by atoms with van der Waals surface area (Å²) < 4.78 is 0. The van der Waals surface area contributed by atoms with Crippen molar-refractivity contribution in [3.05, 3.63) is 111 Å². The molecule has 1 saturated heterocycles. The summed E-state index contributed by atoms with van der Waals surface area (Å²) in [6.45, 7) is 0. The van der Waals surface area contributed by atoms with Gasteiger partial charge in [0.25, 0.3) is 17.4 Å². The number of carbonyl (C=O) groups excluding carboxylic acids is 2. The first-order valence-electron chi connectivity index (χ1n) is 9.25. The molecular weight excluding hydrogens is 420 g/mol. The number of carbonyl (C=O) groups is 2. The Labute approximate surface area is 182 Å². The van der Waals surface area contributed by atoms with E-state index in [9.17, 15) is 24.8 Å². The molecule has 1 amide bonds. The van der Waals surface area contributed by atoms with Gasteiger partial charge in [-0.25, -0.2) is 0 Å². The molecule has 0 spiro atoms. The van der Waals surface area contributed by atoms with E-state index in [0.717, 1.165) is 0 Å². The monoisotopic (exact) mass is 434 g/mol. The smallest absolute Gasteiger partial charge is 0.300 e. The van der Waals surface area contributed by atoms with Crippen LogP contribution in [0.25, 0.3) is 5.76 Å². The van der Waals surface area contributed by atoms with Crippen LogP contribution in [0.1, 0.15) is 17.2 Å². The van der Waals surface area contributed by atoms with Gasteiger partial charge in [0.2, 0.25) is 0 Å².